The average Bonchev–Trinajstić information content (AvgIpc) is 3.66. The summed E-state index contributed by atoms with van der Waals surface area (Å²) in [5, 5.41) is 13.0. The Morgan fingerprint density at radius 1 is 0.772 bits per heavy atom. The molecule has 1 aliphatic heterocycles. The van der Waals surface area contributed by atoms with Crippen LogP contribution in [0.1, 0.15) is 58.2 Å². The Bertz CT molecular complexity index is 2110. The van der Waals surface area contributed by atoms with Crippen molar-refractivity contribution in [3.63, 3.8) is 0 Å². The van der Waals surface area contributed by atoms with E-state index in [0.29, 0.717) is 26.2 Å². The number of aliphatic imine (C=N–C) groups is 1. The number of carbonyl (C=O) groups is 2. The lowest BCUT2D eigenvalue weighted by atomic mass is 10.2. The van der Waals surface area contributed by atoms with Crippen LogP contribution >= 0.6 is 22.6 Å². The number of nitrogens with one attached hydrogen (secondary N) is 3. The summed E-state index contributed by atoms with van der Waals surface area (Å²) < 4.78 is 85.0. The summed E-state index contributed by atoms with van der Waals surface area (Å²) >= 11 is 1.90. The van der Waals surface area contributed by atoms with Gasteiger partial charge in [-0.25, -0.2) is 36.1 Å². The van der Waals surface area contributed by atoms with Crippen molar-refractivity contribution in [2.24, 2.45) is 15.2 Å². The summed E-state index contributed by atoms with van der Waals surface area (Å²) in [6.07, 6.45) is -1.69. The number of rotatable bonds is 16. The number of amidine groups is 1. The molecule has 1 heterocycles. The molecular formula is C37H48IN7O10S2. The summed E-state index contributed by atoms with van der Waals surface area (Å²) in [5.41, 5.74) is -0.620. The zero-order valence-electron chi connectivity index (χ0n) is 33.0. The van der Waals surface area contributed by atoms with Crippen LogP contribution in [0.3, 0.4) is 0 Å². The van der Waals surface area contributed by atoms with E-state index in [9.17, 15) is 18.0 Å². The molecule has 0 saturated heterocycles. The fourth-order valence-corrected chi connectivity index (χ4v) is 9.80. The zero-order chi connectivity index (χ0) is 42.2. The molecule has 0 aliphatic carbocycles. The number of alkyl carbamates (subject to hydrolysis) is 2. The molecule has 0 spiro atoms. The first-order chi connectivity index (χ1) is 26.6. The van der Waals surface area contributed by atoms with Crippen molar-refractivity contribution in [2.75, 3.05) is 34.0 Å². The maximum absolute atomic E-state index is 15.3. The number of azo groups is 1. The van der Waals surface area contributed by atoms with Crippen LogP contribution in [-0.4, -0.2) is 90.4 Å². The molecule has 0 aromatic heterocycles. The predicted octanol–water partition coefficient (Wildman–Crippen LogP) is 5.57. The van der Waals surface area contributed by atoms with E-state index in [4.69, 9.17) is 18.9 Å². The van der Waals surface area contributed by atoms with Crippen molar-refractivity contribution in [1.82, 2.24) is 19.7 Å². The number of carbonyl (C=O) groups excluding carboxylic acids is 2. The number of amides is 2. The molecule has 0 fully saturated rings. The molecule has 310 valence electrons. The highest BCUT2D eigenvalue weighted by Crippen LogP contribution is 2.35. The van der Waals surface area contributed by atoms with Crippen LogP contribution in [0, 0.1) is 3.57 Å². The number of methoxy groups -OCH3 is 2. The first kappa shape index (κ1) is 45.3. The van der Waals surface area contributed by atoms with Gasteiger partial charge in [0.05, 0.1) is 25.8 Å². The van der Waals surface area contributed by atoms with Gasteiger partial charge in [0.1, 0.15) is 32.5 Å². The summed E-state index contributed by atoms with van der Waals surface area (Å²) in [6.45, 7) is 8.79. The molecule has 0 bridgehead atoms. The third-order valence-corrected chi connectivity index (χ3v) is 12.2. The second-order valence-electron chi connectivity index (χ2n) is 14.7. The zero-order valence-corrected chi connectivity index (χ0v) is 36.7. The average molecular weight is 942 g/mol. The van der Waals surface area contributed by atoms with E-state index in [1.807, 2.05) is 22.6 Å². The Labute approximate surface area is 347 Å². The highest BCUT2D eigenvalue weighted by Gasteiger charge is 2.38. The number of halogens is 1. The van der Waals surface area contributed by atoms with E-state index in [0.717, 1.165) is 4.31 Å². The van der Waals surface area contributed by atoms with E-state index in [1.54, 1.807) is 90.1 Å². The van der Waals surface area contributed by atoms with Gasteiger partial charge in [-0.2, -0.15) is 9.42 Å². The summed E-state index contributed by atoms with van der Waals surface area (Å²) in [4.78, 5) is 28.3. The quantitative estimate of drug-likeness (QED) is 0.152. The lowest BCUT2D eigenvalue weighted by molar-refractivity contribution is 0.0517. The Balaban J connectivity index is 1.85. The van der Waals surface area contributed by atoms with Crippen LogP contribution < -0.4 is 24.8 Å². The second-order valence-corrected chi connectivity index (χ2v) is 19.4. The van der Waals surface area contributed by atoms with Crippen molar-refractivity contribution in [3.8, 4) is 11.5 Å². The summed E-state index contributed by atoms with van der Waals surface area (Å²) in [7, 11) is -6.56. The monoisotopic (exact) mass is 941 g/mol. The first-order valence-corrected chi connectivity index (χ1v) is 21.6. The number of ether oxygens (including phenoxy) is 4. The molecule has 0 atom stereocenters. The molecule has 57 heavy (non-hydrogen) atoms. The highest BCUT2D eigenvalue weighted by atomic mass is 127. The topological polar surface area (TPSA) is 216 Å². The summed E-state index contributed by atoms with van der Waals surface area (Å²) in [6, 6.07) is 15.0. The van der Waals surface area contributed by atoms with Crippen LogP contribution in [0.15, 0.2) is 85.7 Å². The van der Waals surface area contributed by atoms with Gasteiger partial charge in [0.2, 0.25) is 20.0 Å². The minimum atomic E-state index is -4.81. The molecule has 4 rings (SSSR count). The number of benzene rings is 3. The van der Waals surface area contributed by atoms with Crippen LogP contribution in [-0.2, 0) is 42.6 Å². The maximum Gasteiger partial charge on any atom is 0.407 e. The maximum atomic E-state index is 15.3. The third-order valence-electron chi connectivity index (χ3n) is 7.77. The number of sulfonamides is 2. The van der Waals surface area contributed by atoms with Gasteiger partial charge in [-0.1, -0.05) is 24.3 Å². The molecule has 3 N–H and O–H groups in total. The number of nitrogens with zero attached hydrogens (tertiary/aromatic N) is 4. The van der Waals surface area contributed by atoms with Gasteiger partial charge in [-0.15, -0.1) is 5.11 Å². The molecule has 1 aliphatic rings. The van der Waals surface area contributed by atoms with E-state index in [1.165, 1.54) is 26.4 Å². The van der Waals surface area contributed by atoms with Crippen molar-refractivity contribution in [2.45, 2.75) is 81.7 Å². The molecule has 0 radical (unpaired) electrons. The van der Waals surface area contributed by atoms with Crippen molar-refractivity contribution in [1.29, 1.82) is 0 Å². The van der Waals surface area contributed by atoms with E-state index >= 15 is 8.42 Å². The van der Waals surface area contributed by atoms with Gasteiger partial charge in [-0.05, 0) is 112 Å². The molecular weight excluding hydrogens is 893 g/mol. The lowest BCUT2D eigenvalue weighted by Crippen LogP contribution is -2.51. The Morgan fingerprint density at radius 3 is 1.65 bits per heavy atom. The van der Waals surface area contributed by atoms with Gasteiger partial charge < -0.3 is 29.6 Å². The Hall–Kier alpha value is -4.38. The minimum absolute atomic E-state index is 0.0653. The minimum Gasteiger partial charge on any atom is -0.497 e. The molecule has 0 saturated carbocycles. The van der Waals surface area contributed by atoms with Crippen molar-refractivity contribution < 1.29 is 45.4 Å². The van der Waals surface area contributed by atoms with Crippen molar-refractivity contribution in [3.05, 3.63) is 80.9 Å². The lowest BCUT2D eigenvalue weighted by Gasteiger charge is -2.27. The SMILES string of the molecule is COc1ccc(CN(Cc2ccc(OC)cc2)S(=O)(=O)c2c(S(=O)(=O)NC(CNC(=O)OC(C)(C)C)CNC(=O)OC(C)(C)C)ccc(I)c2C2=NCN=N2)cc1. The predicted molar refractivity (Wildman–Crippen MR) is 220 cm³/mol. The molecule has 0 unspecified atom stereocenters. The van der Waals surface area contributed by atoms with Crippen LogP contribution in [0.25, 0.3) is 0 Å². The molecule has 20 heteroatoms. The fraction of sp³-hybridized carbons (Fsp3) is 0.432. The Kier molecular flexibility index (Phi) is 15.0. The molecule has 3 aromatic carbocycles. The number of hydrogen-bond acceptors (Lipinski definition) is 13. The normalized spacial score (nSPS) is 13.4. The van der Waals surface area contributed by atoms with Crippen LogP contribution in [0.4, 0.5) is 9.59 Å². The van der Waals surface area contributed by atoms with Crippen molar-refractivity contribution >= 4 is 60.7 Å². The number of hydrogen-bond donors (Lipinski definition) is 3. The van der Waals surface area contributed by atoms with E-state index < -0.39 is 59.3 Å². The molecule has 17 nitrogen and oxygen atoms in total. The Morgan fingerprint density at radius 2 is 1.25 bits per heavy atom. The third kappa shape index (κ3) is 13.1. The van der Waals surface area contributed by atoms with E-state index in [2.05, 4.69) is 30.6 Å². The van der Waals surface area contributed by atoms with Gasteiger partial charge in [0.25, 0.3) is 0 Å². The second kappa shape index (κ2) is 18.9. The van der Waals surface area contributed by atoms with Crippen LogP contribution in [0.2, 0.25) is 0 Å². The highest BCUT2D eigenvalue weighted by molar-refractivity contribution is 14.1. The van der Waals surface area contributed by atoms with E-state index in [-0.39, 0.29) is 44.2 Å². The van der Waals surface area contributed by atoms with Gasteiger partial charge in [-0.3, -0.25) is 0 Å². The summed E-state index contributed by atoms with van der Waals surface area (Å²) in [5.74, 6) is 1.05. The van der Waals surface area contributed by atoms with Gasteiger partial charge >= 0.3 is 12.2 Å². The fourth-order valence-electron chi connectivity index (χ4n) is 5.28. The smallest absolute Gasteiger partial charge is 0.407 e. The standard InChI is InChI=1S/C37H48IN7O10S2/c1-36(2,3)54-34(46)39-19-26(20-40-35(47)55-37(4,5)6)44-56(48,49)30-18-17-29(38)31(33-41-23-42-43-33)32(30)57(50,51)45(21-24-9-13-27(52-7)14-10-24)22-25-11-15-28(53-8)16-12-25/h9-18,26,44H,19-23H2,1-8H3,(H,39,46)(H,40,47). The van der Waals surface area contributed by atoms with Gasteiger partial charge in [0.15, 0.2) is 12.5 Å². The molecule has 3 aromatic rings. The largest absolute Gasteiger partial charge is 0.497 e. The van der Waals surface area contributed by atoms with Crippen LogP contribution in [0.5, 0.6) is 11.5 Å². The van der Waals surface area contributed by atoms with Gasteiger partial charge in [0, 0.05) is 29.7 Å². The molecule has 2 amide bonds. The first-order valence-electron chi connectivity index (χ1n) is 17.6.